The molecule has 1 aliphatic rings. The molecule has 1 atom stereocenters. The largest absolute Gasteiger partial charge is 0.478 e. The Morgan fingerprint density at radius 3 is 2.86 bits per heavy atom. The molecule has 1 saturated heterocycles. The van der Waals surface area contributed by atoms with Crippen LogP contribution in [0.2, 0.25) is 0 Å². The number of hydrogen-bond acceptors (Lipinski definition) is 3. The molecule has 0 aromatic carbocycles. The Hall–Kier alpha value is -1.36. The van der Waals surface area contributed by atoms with Crippen molar-refractivity contribution in [2.75, 3.05) is 13.2 Å². The van der Waals surface area contributed by atoms with Crippen LogP contribution in [0.3, 0.4) is 0 Å². The van der Waals surface area contributed by atoms with Crippen molar-refractivity contribution in [2.45, 2.75) is 18.9 Å². The summed E-state index contributed by atoms with van der Waals surface area (Å²) in [4.78, 5) is 21.1. The Morgan fingerprint density at radius 1 is 1.50 bits per heavy atom. The lowest BCUT2D eigenvalue weighted by molar-refractivity contribution is -0.131. The van der Waals surface area contributed by atoms with Gasteiger partial charge in [-0.05, 0) is 12.8 Å². The highest BCUT2D eigenvalue weighted by Gasteiger charge is 2.15. The van der Waals surface area contributed by atoms with E-state index >= 15 is 0 Å². The predicted molar refractivity (Wildman–Crippen MR) is 48.8 cm³/mol. The van der Waals surface area contributed by atoms with Gasteiger partial charge < -0.3 is 15.2 Å². The molecule has 5 heteroatoms. The fourth-order valence-electron chi connectivity index (χ4n) is 1.23. The van der Waals surface area contributed by atoms with Gasteiger partial charge in [0.15, 0.2) is 0 Å². The fourth-order valence-corrected chi connectivity index (χ4v) is 1.23. The molecule has 0 aromatic rings. The average Bonchev–Trinajstić information content (AvgIpc) is 2.63. The second-order valence-electron chi connectivity index (χ2n) is 3.05. The first-order chi connectivity index (χ1) is 6.68. The molecule has 0 radical (unpaired) electrons. The Kier molecular flexibility index (Phi) is 4.12. The zero-order valence-corrected chi connectivity index (χ0v) is 7.73. The van der Waals surface area contributed by atoms with Crippen LogP contribution in [-0.4, -0.2) is 36.2 Å². The molecule has 5 nitrogen and oxygen atoms in total. The van der Waals surface area contributed by atoms with Crippen LogP contribution in [0.1, 0.15) is 12.8 Å². The molecule has 0 aliphatic carbocycles. The summed E-state index contributed by atoms with van der Waals surface area (Å²) in [5, 5.41) is 10.8. The first-order valence-corrected chi connectivity index (χ1v) is 4.49. The van der Waals surface area contributed by atoms with Gasteiger partial charge >= 0.3 is 5.97 Å². The highest BCUT2D eigenvalue weighted by molar-refractivity contribution is 5.93. The van der Waals surface area contributed by atoms with Crippen LogP contribution in [0.4, 0.5) is 0 Å². The van der Waals surface area contributed by atoms with Gasteiger partial charge in [0.2, 0.25) is 5.91 Å². The summed E-state index contributed by atoms with van der Waals surface area (Å²) >= 11 is 0. The van der Waals surface area contributed by atoms with E-state index in [-0.39, 0.29) is 6.10 Å². The summed E-state index contributed by atoms with van der Waals surface area (Å²) in [6, 6.07) is 0. The van der Waals surface area contributed by atoms with Gasteiger partial charge in [-0.3, -0.25) is 4.79 Å². The third kappa shape index (κ3) is 4.04. The highest BCUT2D eigenvalue weighted by atomic mass is 16.5. The molecular formula is C9H13NO4. The molecule has 1 heterocycles. The van der Waals surface area contributed by atoms with Gasteiger partial charge in [0.25, 0.3) is 0 Å². The first kappa shape index (κ1) is 10.7. The number of carboxylic acids is 1. The molecule has 1 rings (SSSR count). The molecule has 78 valence electrons. The van der Waals surface area contributed by atoms with Gasteiger partial charge in [-0.1, -0.05) is 0 Å². The fraction of sp³-hybridized carbons (Fsp3) is 0.556. The molecule has 14 heavy (non-hydrogen) atoms. The maximum atomic E-state index is 11.0. The second kappa shape index (κ2) is 5.39. The third-order valence-electron chi connectivity index (χ3n) is 1.91. The van der Waals surface area contributed by atoms with E-state index in [0.717, 1.165) is 31.6 Å². The van der Waals surface area contributed by atoms with E-state index in [9.17, 15) is 9.59 Å². The van der Waals surface area contributed by atoms with E-state index in [0.29, 0.717) is 6.54 Å². The number of carboxylic acid groups (broad SMARTS) is 1. The molecule has 0 bridgehead atoms. The van der Waals surface area contributed by atoms with E-state index in [4.69, 9.17) is 9.84 Å². The average molecular weight is 199 g/mol. The van der Waals surface area contributed by atoms with Crippen molar-refractivity contribution in [3.8, 4) is 0 Å². The Balaban J connectivity index is 2.17. The van der Waals surface area contributed by atoms with E-state index in [1.54, 1.807) is 0 Å². The van der Waals surface area contributed by atoms with Crippen molar-refractivity contribution in [3.63, 3.8) is 0 Å². The molecule has 1 unspecified atom stereocenters. The first-order valence-electron chi connectivity index (χ1n) is 4.49. The minimum Gasteiger partial charge on any atom is -0.478 e. The molecule has 1 fully saturated rings. The number of aliphatic carboxylic acids is 1. The smallest absolute Gasteiger partial charge is 0.328 e. The summed E-state index contributed by atoms with van der Waals surface area (Å²) in [6.45, 7) is 1.19. The summed E-state index contributed by atoms with van der Waals surface area (Å²) in [5.74, 6) is -1.53. The molecule has 1 aliphatic heterocycles. The van der Waals surface area contributed by atoms with E-state index in [2.05, 4.69) is 5.32 Å². The van der Waals surface area contributed by atoms with Gasteiger partial charge in [-0.2, -0.15) is 0 Å². The van der Waals surface area contributed by atoms with E-state index in [1.165, 1.54) is 0 Å². The maximum Gasteiger partial charge on any atom is 0.328 e. The Bertz CT molecular complexity index is 243. The third-order valence-corrected chi connectivity index (χ3v) is 1.91. The number of nitrogens with one attached hydrogen (secondary N) is 1. The van der Waals surface area contributed by atoms with Crippen LogP contribution >= 0.6 is 0 Å². The van der Waals surface area contributed by atoms with Crippen LogP contribution in [0.5, 0.6) is 0 Å². The maximum absolute atomic E-state index is 11.0. The SMILES string of the molecule is O=C(O)/C=C\C(=O)NCC1CCCO1. The van der Waals surface area contributed by atoms with Crippen molar-refractivity contribution in [1.29, 1.82) is 0 Å². The van der Waals surface area contributed by atoms with Crippen LogP contribution in [0.25, 0.3) is 0 Å². The standard InChI is InChI=1S/C9H13NO4/c11-8(3-4-9(12)13)10-6-7-2-1-5-14-7/h3-4,7H,1-2,5-6H2,(H,10,11)(H,12,13)/b4-3-. The quantitative estimate of drug-likeness (QED) is 0.621. The van der Waals surface area contributed by atoms with Crippen molar-refractivity contribution >= 4 is 11.9 Å². The molecule has 0 spiro atoms. The lowest BCUT2D eigenvalue weighted by atomic mass is 10.2. The van der Waals surface area contributed by atoms with Crippen LogP contribution < -0.4 is 5.32 Å². The number of rotatable bonds is 4. The number of carbonyl (C=O) groups is 2. The van der Waals surface area contributed by atoms with Crippen LogP contribution in [-0.2, 0) is 14.3 Å². The van der Waals surface area contributed by atoms with Gasteiger partial charge in [-0.15, -0.1) is 0 Å². The van der Waals surface area contributed by atoms with Gasteiger partial charge in [-0.25, -0.2) is 4.79 Å². The number of amides is 1. The molecule has 0 aromatic heterocycles. The minimum atomic E-state index is -1.13. The molecule has 0 saturated carbocycles. The molecule has 2 N–H and O–H groups in total. The Morgan fingerprint density at radius 2 is 2.29 bits per heavy atom. The predicted octanol–water partition coefficient (Wildman–Crippen LogP) is -0.0776. The van der Waals surface area contributed by atoms with Gasteiger partial charge in [0, 0.05) is 25.3 Å². The topological polar surface area (TPSA) is 75.6 Å². The lowest BCUT2D eigenvalue weighted by Gasteiger charge is -2.08. The van der Waals surface area contributed by atoms with Crippen LogP contribution in [0, 0.1) is 0 Å². The van der Waals surface area contributed by atoms with E-state index in [1.807, 2.05) is 0 Å². The van der Waals surface area contributed by atoms with Crippen molar-refractivity contribution < 1.29 is 19.4 Å². The zero-order chi connectivity index (χ0) is 10.4. The number of hydrogen-bond donors (Lipinski definition) is 2. The van der Waals surface area contributed by atoms with Gasteiger partial charge in [0.05, 0.1) is 6.10 Å². The normalized spacial score (nSPS) is 21.3. The summed E-state index contributed by atoms with van der Waals surface area (Å²) < 4.78 is 5.27. The number of ether oxygens (including phenoxy) is 1. The van der Waals surface area contributed by atoms with Crippen molar-refractivity contribution in [1.82, 2.24) is 5.32 Å². The zero-order valence-electron chi connectivity index (χ0n) is 7.73. The summed E-state index contributed by atoms with van der Waals surface area (Å²) in [6.07, 6.45) is 3.86. The van der Waals surface area contributed by atoms with Crippen LogP contribution in [0.15, 0.2) is 12.2 Å². The molecule has 1 amide bonds. The lowest BCUT2D eigenvalue weighted by Crippen LogP contribution is -2.30. The summed E-state index contributed by atoms with van der Waals surface area (Å²) in [7, 11) is 0. The highest BCUT2D eigenvalue weighted by Crippen LogP contribution is 2.10. The van der Waals surface area contributed by atoms with E-state index < -0.39 is 11.9 Å². The second-order valence-corrected chi connectivity index (χ2v) is 3.05. The van der Waals surface area contributed by atoms with Crippen molar-refractivity contribution in [3.05, 3.63) is 12.2 Å². The summed E-state index contributed by atoms with van der Waals surface area (Å²) in [5.41, 5.74) is 0. The Labute approximate surface area is 81.7 Å². The monoisotopic (exact) mass is 199 g/mol. The van der Waals surface area contributed by atoms with Gasteiger partial charge in [0.1, 0.15) is 0 Å². The minimum absolute atomic E-state index is 0.0807. The molecular weight excluding hydrogens is 186 g/mol. The van der Waals surface area contributed by atoms with Crippen molar-refractivity contribution in [2.24, 2.45) is 0 Å². The number of carbonyl (C=O) groups excluding carboxylic acids is 1.